The molecular weight excluding hydrogens is 268 g/mol. The van der Waals surface area contributed by atoms with Crippen LogP contribution in [0.15, 0.2) is 0 Å². The van der Waals surface area contributed by atoms with E-state index in [-0.39, 0.29) is 5.41 Å². The highest BCUT2D eigenvalue weighted by atomic mass is 32.1. The topological polar surface area (TPSA) is 41.1 Å². The molecule has 2 aliphatic heterocycles. The first-order valence-corrected chi connectivity index (χ1v) is 8.61. The summed E-state index contributed by atoms with van der Waals surface area (Å²) in [6.07, 6.45) is 5.22. The molecule has 2 bridgehead atoms. The van der Waals surface area contributed by atoms with Crippen LogP contribution in [0.3, 0.4) is 0 Å². The van der Waals surface area contributed by atoms with Crippen molar-refractivity contribution in [2.75, 3.05) is 11.4 Å². The van der Waals surface area contributed by atoms with Gasteiger partial charge in [0, 0.05) is 41.6 Å². The molecule has 1 aromatic heterocycles. The van der Waals surface area contributed by atoms with Gasteiger partial charge in [0.25, 0.3) is 0 Å². The Balaban J connectivity index is 1.78. The lowest BCUT2D eigenvalue weighted by atomic mass is 9.96. The summed E-state index contributed by atoms with van der Waals surface area (Å²) in [6.45, 7) is 9.81. The SMILES string of the molecule is CCN(c1nc(C(C)(C)C)ns1)C1CC2CCC(C1)N2. The second kappa shape index (κ2) is 5.26. The fourth-order valence-corrected chi connectivity index (χ4v) is 4.46. The van der Waals surface area contributed by atoms with E-state index in [4.69, 9.17) is 4.98 Å². The molecule has 0 amide bonds. The molecule has 3 rings (SSSR count). The standard InChI is InChI=1S/C15H26N4S/c1-5-19(12-8-10-6-7-11(9-12)16-10)14-17-13(18-20-14)15(2,3)4/h10-12,16H,5-9H2,1-4H3. The number of nitrogens with one attached hydrogen (secondary N) is 1. The molecule has 0 aromatic carbocycles. The maximum atomic E-state index is 4.81. The van der Waals surface area contributed by atoms with Gasteiger partial charge in [0.2, 0.25) is 5.13 Å². The molecular formula is C15H26N4S. The second-order valence-electron chi connectivity index (χ2n) is 7.20. The zero-order valence-electron chi connectivity index (χ0n) is 13.0. The minimum Gasteiger partial charge on any atom is -0.344 e. The minimum absolute atomic E-state index is 0.0430. The zero-order valence-corrected chi connectivity index (χ0v) is 13.8. The van der Waals surface area contributed by atoms with Crippen molar-refractivity contribution in [2.24, 2.45) is 0 Å². The molecule has 20 heavy (non-hydrogen) atoms. The Morgan fingerprint density at radius 2 is 1.90 bits per heavy atom. The monoisotopic (exact) mass is 294 g/mol. The summed E-state index contributed by atoms with van der Waals surface area (Å²) in [7, 11) is 0. The van der Waals surface area contributed by atoms with Gasteiger partial charge in [-0.15, -0.1) is 0 Å². The van der Waals surface area contributed by atoms with Crippen LogP contribution in [0.25, 0.3) is 0 Å². The third kappa shape index (κ3) is 2.70. The summed E-state index contributed by atoms with van der Waals surface area (Å²) in [6, 6.07) is 2.09. The lowest BCUT2D eigenvalue weighted by Gasteiger charge is -2.37. The minimum atomic E-state index is 0.0430. The second-order valence-corrected chi connectivity index (χ2v) is 7.93. The van der Waals surface area contributed by atoms with E-state index in [1.54, 1.807) is 11.5 Å². The average Bonchev–Trinajstić information content (AvgIpc) is 2.97. The first-order chi connectivity index (χ1) is 9.47. The number of anilines is 1. The summed E-state index contributed by atoms with van der Waals surface area (Å²) in [5, 5.41) is 4.84. The maximum Gasteiger partial charge on any atom is 0.205 e. The molecule has 2 saturated heterocycles. The molecule has 2 fully saturated rings. The summed E-state index contributed by atoms with van der Waals surface area (Å²) in [4.78, 5) is 7.30. The molecule has 1 N–H and O–H groups in total. The molecule has 2 unspecified atom stereocenters. The smallest absolute Gasteiger partial charge is 0.205 e. The van der Waals surface area contributed by atoms with E-state index in [9.17, 15) is 0 Å². The van der Waals surface area contributed by atoms with Crippen molar-refractivity contribution >= 4 is 16.7 Å². The van der Waals surface area contributed by atoms with Crippen LogP contribution >= 0.6 is 11.5 Å². The van der Waals surface area contributed by atoms with Gasteiger partial charge in [-0.3, -0.25) is 0 Å². The van der Waals surface area contributed by atoms with Crippen LogP contribution in [-0.2, 0) is 5.41 Å². The molecule has 0 aliphatic carbocycles. The maximum absolute atomic E-state index is 4.81. The van der Waals surface area contributed by atoms with E-state index in [2.05, 4.69) is 42.3 Å². The predicted octanol–water partition coefficient (Wildman–Crippen LogP) is 2.94. The summed E-state index contributed by atoms with van der Waals surface area (Å²) >= 11 is 1.57. The predicted molar refractivity (Wildman–Crippen MR) is 84.6 cm³/mol. The van der Waals surface area contributed by atoms with Gasteiger partial charge in [0.1, 0.15) is 5.82 Å². The van der Waals surface area contributed by atoms with Crippen molar-refractivity contribution in [1.82, 2.24) is 14.7 Å². The number of rotatable bonds is 3. The molecule has 112 valence electrons. The van der Waals surface area contributed by atoms with Crippen LogP contribution in [0, 0.1) is 0 Å². The lowest BCUT2D eigenvalue weighted by Crippen LogP contribution is -2.48. The highest BCUT2D eigenvalue weighted by molar-refractivity contribution is 7.09. The fourth-order valence-electron chi connectivity index (χ4n) is 3.47. The highest BCUT2D eigenvalue weighted by Crippen LogP contribution is 2.33. The molecule has 0 spiro atoms. The number of hydrogen-bond donors (Lipinski definition) is 1. The number of aromatic nitrogens is 2. The molecule has 2 atom stereocenters. The number of hydrogen-bond acceptors (Lipinski definition) is 5. The van der Waals surface area contributed by atoms with E-state index < -0.39 is 0 Å². The molecule has 5 heteroatoms. The normalized spacial score (nSPS) is 29.7. The number of fused-ring (bicyclic) bond motifs is 2. The molecule has 3 heterocycles. The van der Waals surface area contributed by atoms with Gasteiger partial charge in [0.05, 0.1) is 0 Å². The Bertz CT molecular complexity index is 453. The summed E-state index contributed by atoms with van der Waals surface area (Å²) in [5.74, 6) is 0.979. The van der Waals surface area contributed by atoms with Gasteiger partial charge in [-0.25, -0.2) is 4.98 Å². The van der Waals surface area contributed by atoms with Crippen molar-refractivity contribution in [3.8, 4) is 0 Å². The van der Waals surface area contributed by atoms with E-state index in [1.165, 1.54) is 25.7 Å². The van der Waals surface area contributed by atoms with Gasteiger partial charge in [0.15, 0.2) is 0 Å². The molecule has 4 nitrogen and oxygen atoms in total. The van der Waals surface area contributed by atoms with Crippen LogP contribution in [0.2, 0.25) is 0 Å². The van der Waals surface area contributed by atoms with Crippen molar-refractivity contribution in [3.63, 3.8) is 0 Å². The largest absolute Gasteiger partial charge is 0.344 e. The molecule has 1 aromatic rings. The quantitative estimate of drug-likeness (QED) is 0.930. The first-order valence-electron chi connectivity index (χ1n) is 7.84. The Morgan fingerprint density at radius 3 is 2.40 bits per heavy atom. The fraction of sp³-hybridized carbons (Fsp3) is 0.867. The van der Waals surface area contributed by atoms with Gasteiger partial charge >= 0.3 is 0 Å². The van der Waals surface area contributed by atoms with E-state index in [0.717, 1.165) is 29.6 Å². The van der Waals surface area contributed by atoms with Crippen LogP contribution in [-0.4, -0.2) is 34.0 Å². The van der Waals surface area contributed by atoms with Gasteiger partial charge in [-0.1, -0.05) is 20.8 Å². The number of nitrogens with zero attached hydrogens (tertiary/aromatic N) is 3. The molecule has 0 saturated carbocycles. The summed E-state index contributed by atoms with van der Waals surface area (Å²) in [5.41, 5.74) is 0.0430. The van der Waals surface area contributed by atoms with Crippen molar-refractivity contribution in [3.05, 3.63) is 5.82 Å². The third-order valence-electron chi connectivity index (χ3n) is 4.56. The van der Waals surface area contributed by atoms with Crippen LogP contribution in [0.5, 0.6) is 0 Å². The Labute approximate surface area is 126 Å². The lowest BCUT2D eigenvalue weighted by molar-refractivity contribution is 0.348. The zero-order chi connectivity index (χ0) is 14.3. The van der Waals surface area contributed by atoms with Crippen molar-refractivity contribution < 1.29 is 0 Å². The van der Waals surface area contributed by atoms with E-state index in [1.807, 2.05) is 0 Å². The van der Waals surface area contributed by atoms with Crippen molar-refractivity contribution in [1.29, 1.82) is 0 Å². The third-order valence-corrected chi connectivity index (χ3v) is 5.31. The number of piperidine rings is 1. The van der Waals surface area contributed by atoms with Crippen molar-refractivity contribution in [2.45, 2.75) is 76.9 Å². The Hall–Kier alpha value is -0.680. The van der Waals surface area contributed by atoms with Gasteiger partial charge < -0.3 is 10.2 Å². The Kier molecular flexibility index (Phi) is 3.75. The molecule has 0 radical (unpaired) electrons. The average molecular weight is 294 g/mol. The van der Waals surface area contributed by atoms with E-state index in [0.29, 0.717) is 6.04 Å². The summed E-state index contributed by atoms with van der Waals surface area (Å²) < 4.78 is 4.58. The highest BCUT2D eigenvalue weighted by Gasteiger charge is 2.36. The van der Waals surface area contributed by atoms with Crippen LogP contribution < -0.4 is 10.2 Å². The van der Waals surface area contributed by atoms with Crippen LogP contribution in [0.4, 0.5) is 5.13 Å². The van der Waals surface area contributed by atoms with Gasteiger partial charge in [-0.2, -0.15) is 4.37 Å². The first kappa shape index (κ1) is 14.3. The van der Waals surface area contributed by atoms with Gasteiger partial charge in [-0.05, 0) is 32.6 Å². The molecule has 2 aliphatic rings. The Morgan fingerprint density at radius 1 is 1.25 bits per heavy atom. The van der Waals surface area contributed by atoms with Crippen LogP contribution in [0.1, 0.15) is 59.2 Å². The van der Waals surface area contributed by atoms with E-state index >= 15 is 0 Å².